The number of hydrogen-bond donors (Lipinski definition) is 1. The molecule has 0 aliphatic rings. The zero-order chi connectivity index (χ0) is 24.3. The van der Waals surface area contributed by atoms with Gasteiger partial charge in [0.1, 0.15) is 17.6 Å². The van der Waals surface area contributed by atoms with Gasteiger partial charge in [0, 0.05) is 25.1 Å². The number of hydrogen-bond acceptors (Lipinski definition) is 3. The SMILES string of the molecule is CCCNC(=O)[C@@H](Cc1ccccc1)N(Cc1ccccc1F)C(=O)COc1ccc(C)cc1. The predicted molar refractivity (Wildman–Crippen MR) is 131 cm³/mol. The Morgan fingerprint density at radius 2 is 1.65 bits per heavy atom. The van der Waals surface area contributed by atoms with E-state index in [1.807, 2.05) is 56.3 Å². The van der Waals surface area contributed by atoms with Crippen LogP contribution in [0.5, 0.6) is 5.75 Å². The second kappa shape index (κ2) is 12.5. The third-order valence-electron chi connectivity index (χ3n) is 5.50. The highest BCUT2D eigenvalue weighted by Gasteiger charge is 2.31. The Morgan fingerprint density at radius 1 is 0.971 bits per heavy atom. The quantitative estimate of drug-likeness (QED) is 0.450. The van der Waals surface area contributed by atoms with Gasteiger partial charge in [-0.1, -0.05) is 73.2 Å². The van der Waals surface area contributed by atoms with Crippen molar-refractivity contribution in [2.45, 2.75) is 39.3 Å². The monoisotopic (exact) mass is 462 g/mol. The summed E-state index contributed by atoms with van der Waals surface area (Å²) in [7, 11) is 0. The van der Waals surface area contributed by atoms with E-state index in [0.717, 1.165) is 17.5 Å². The minimum absolute atomic E-state index is 0.0419. The van der Waals surface area contributed by atoms with Crippen LogP contribution in [-0.2, 0) is 22.6 Å². The maximum absolute atomic E-state index is 14.5. The van der Waals surface area contributed by atoms with E-state index >= 15 is 0 Å². The summed E-state index contributed by atoms with van der Waals surface area (Å²) in [5.41, 5.74) is 2.33. The third-order valence-corrected chi connectivity index (χ3v) is 5.50. The van der Waals surface area contributed by atoms with Gasteiger partial charge in [0.25, 0.3) is 5.91 Å². The summed E-state index contributed by atoms with van der Waals surface area (Å²) in [5, 5.41) is 2.90. The summed E-state index contributed by atoms with van der Waals surface area (Å²) in [6, 6.07) is 22.3. The Balaban J connectivity index is 1.89. The van der Waals surface area contributed by atoms with Crippen LogP contribution in [-0.4, -0.2) is 35.9 Å². The highest BCUT2D eigenvalue weighted by atomic mass is 19.1. The molecule has 34 heavy (non-hydrogen) atoms. The minimum atomic E-state index is -0.817. The molecule has 0 spiro atoms. The molecule has 1 N–H and O–H groups in total. The summed E-state index contributed by atoms with van der Waals surface area (Å²) in [6.07, 6.45) is 1.07. The summed E-state index contributed by atoms with van der Waals surface area (Å²) in [4.78, 5) is 28.0. The number of benzene rings is 3. The van der Waals surface area contributed by atoms with Gasteiger partial charge >= 0.3 is 0 Å². The van der Waals surface area contributed by atoms with Gasteiger partial charge < -0.3 is 15.0 Å². The minimum Gasteiger partial charge on any atom is -0.484 e. The highest BCUT2D eigenvalue weighted by Crippen LogP contribution is 2.18. The van der Waals surface area contributed by atoms with E-state index in [0.29, 0.717) is 24.3 Å². The first-order chi connectivity index (χ1) is 16.5. The van der Waals surface area contributed by atoms with Crippen molar-refractivity contribution < 1.29 is 18.7 Å². The van der Waals surface area contributed by atoms with Gasteiger partial charge in [-0.3, -0.25) is 9.59 Å². The molecule has 0 aromatic heterocycles. The molecule has 0 saturated heterocycles. The van der Waals surface area contributed by atoms with Crippen molar-refractivity contribution in [2.75, 3.05) is 13.2 Å². The van der Waals surface area contributed by atoms with Gasteiger partial charge in [-0.05, 0) is 37.1 Å². The lowest BCUT2D eigenvalue weighted by Gasteiger charge is -2.31. The molecule has 0 aliphatic carbocycles. The number of ether oxygens (including phenoxy) is 1. The van der Waals surface area contributed by atoms with Crippen LogP contribution in [0.2, 0.25) is 0 Å². The normalized spacial score (nSPS) is 11.5. The van der Waals surface area contributed by atoms with Crippen LogP contribution in [0.4, 0.5) is 4.39 Å². The number of amides is 2. The molecule has 0 fully saturated rings. The Morgan fingerprint density at radius 3 is 2.32 bits per heavy atom. The maximum Gasteiger partial charge on any atom is 0.261 e. The molecule has 5 nitrogen and oxygen atoms in total. The molecule has 6 heteroatoms. The molecular weight excluding hydrogens is 431 g/mol. The van der Waals surface area contributed by atoms with Crippen molar-refractivity contribution in [3.8, 4) is 5.75 Å². The second-order valence-corrected chi connectivity index (χ2v) is 8.21. The molecule has 3 aromatic carbocycles. The van der Waals surface area contributed by atoms with Crippen LogP contribution >= 0.6 is 0 Å². The van der Waals surface area contributed by atoms with E-state index in [1.54, 1.807) is 30.3 Å². The van der Waals surface area contributed by atoms with Crippen molar-refractivity contribution in [2.24, 2.45) is 0 Å². The first-order valence-electron chi connectivity index (χ1n) is 11.5. The molecule has 0 bridgehead atoms. The van der Waals surface area contributed by atoms with Crippen LogP contribution < -0.4 is 10.1 Å². The maximum atomic E-state index is 14.5. The molecular formula is C28H31FN2O3. The van der Waals surface area contributed by atoms with E-state index in [4.69, 9.17) is 4.74 Å². The second-order valence-electron chi connectivity index (χ2n) is 8.21. The standard InChI is InChI=1S/C28H31FN2O3/c1-3-17-30-28(33)26(18-22-9-5-4-6-10-22)31(19-23-11-7-8-12-25(23)29)27(32)20-34-24-15-13-21(2)14-16-24/h4-16,26H,3,17-20H2,1-2H3,(H,30,33)/t26-/m1/s1. The first-order valence-corrected chi connectivity index (χ1v) is 11.5. The molecule has 3 aromatic rings. The van der Waals surface area contributed by atoms with E-state index in [-0.39, 0.29) is 19.1 Å². The van der Waals surface area contributed by atoms with Crippen LogP contribution in [0.1, 0.15) is 30.0 Å². The molecule has 0 unspecified atom stereocenters. The van der Waals surface area contributed by atoms with Crippen LogP contribution in [0.25, 0.3) is 0 Å². The van der Waals surface area contributed by atoms with Crippen molar-refractivity contribution in [3.05, 3.63) is 101 Å². The molecule has 0 radical (unpaired) electrons. The molecule has 0 saturated carbocycles. The lowest BCUT2D eigenvalue weighted by atomic mass is 10.0. The molecule has 3 rings (SSSR count). The number of nitrogens with zero attached hydrogens (tertiary/aromatic N) is 1. The smallest absolute Gasteiger partial charge is 0.261 e. The Kier molecular flexibility index (Phi) is 9.21. The third kappa shape index (κ3) is 7.17. The van der Waals surface area contributed by atoms with Crippen LogP contribution in [0, 0.1) is 12.7 Å². The lowest BCUT2D eigenvalue weighted by Crippen LogP contribution is -2.51. The fraction of sp³-hybridized carbons (Fsp3) is 0.286. The first kappa shape index (κ1) is 25.0. The molecule has 0 aliphatic heterocycles. The van der Waals surface area contributed by atoms with Crippen molar-refractivity contribution in [3.63, 3.8) is 0 Å². The van der Waals surface area contributed by atoms with Gasteiger partial charge in [-0.2, -0.15) is 0 Å². The average molecular weight is 463 g/mol. The fourth-order valence-corrected chi connectivity index (χ4v) is 3.59. The van der Waals surface area contributed by atoms with Gasteiger partial charge in [-0.25, -0.2) is 4.39 Å². The van der Waals surface area contributed by atoms with Gasteiger partial charge in [0.05, 0.1) is 0 Å². The summed E-state index contributed by atoms with van der Waals surface area (Å²) < 4.78 is 20.2. The zero-order valence-electron chi connectivity index (χ0n) is 19.7. The number of aryl methyl sites for hydroxylation is 1. The van der Waals surface area contributed by atoms with E-state index in [1.165, 1.54) is 11.0 Å². The molecule has 2 amide bonds. The average Bonchev–Trinajstić information content (AvgIpc) is 2.85. The number of nitrogens with one attached hydrogen (secondary N) is 1. The van der Waals surface area contributed by atoms with Crippen LogP contribution in [0.3, 0.4) is 0 Å². The molecule has 0 heterocycles. The molecule has 178 valence electrons. The number of carbonyl (C=O) groups is 2. The number of halogens is 1. The Labute approximate surface area is 200 Å². The summed E-state index contributed by atoms with van der Waals surface area (Å²) in [6.45, 7) is 4.12. The predicted octanol–water partition coefficient (Wildman–Crippen LogP) is 4.68. The largest absolute Gasteiger partial charge is 0.484 e. The molecule has 1 atom stereocenters. The Hall–Kier alpha value is -3.67. The lowest BCUT2D eigenvalue weighted by molar-refractivity contribution is -0.142. The number of rotatable bonds is 11. The zero-order valence-corrected chi connectivity index (χ0v) is 19.7. The van der Waals surface area contributed by atoms with Crippen molar-refractivity contribution in [1.82, 2.24) is 10.2 Å². The van der Waals surface area contributed by atoms with E-state index in [2.05, 4.69) is 5.32 Å². The summed E-state index contributed by atoms with van der Waals surface area (Å²) in [5.74, 6) is -0.533. The van der Waals surface area contributed by atoms with E-state index in [9.17, 15) is 14.0 Å². The van der Waals surface area contributed by atoms with Gasteiger partial charge in [0.15, 0.2) is 6.61 Å². The highest BCUT2D eigenvalue weighted by molar-refractivity contribution is 5.88. The summed E-state index contributed by atoms with van der Waals surface area (Å²) >= 11 is 0. The topological polar surface area (TPSA) is 58.6 Å². The number of carbonyl (C=O) groups excluding carboxylic acids is 2. The van der Waals surface area contributed by atoms with E-state index < -0.39 is 17.8 Å². The van der Waals surface area contributed by atoms with Crippen LogP contribution in [0.15, 0.2) is 78.9 Å². The van der Waals surface area contributed by atoms with Crippen molar-refractivity contribution >= 4 is 11.8 Å². The Bertz CT molecular complexity index is 1070. The van der Waals surface area contributed by atoms with Gasteiger partial charge in [-0.15, -0.1) is 0 Å². The fourth-order valence-electron chi connectivity index (χ4n) is 3.59. The van der Waals surface area contributed by atoms with Gasteiger partial charge in [0.2, 0.25) is 5.91 Å². The van der Waals surface area contributed by atoms with Crippen molar-refractivity contribution in [1.29, 1.82) is 0 Å².